The van der Waals surface area contributed by atoms with Crippen molar-refractivity contribution in [1.29, 1.82) is 0 Å². The molecule has 9 N–H and O–H groups in total. The first kappa shape index (κ1) is 58.9. The summed E-state index contributed by atoms with van der Waals surface area (Å²) in [7, 11) is 1.17. The van der Waals surface area contributed by atoms with Crippen LogP contribution in [0.1, 0.15) is 83.3 Å². The summed E-state index contributed by atoms with van der Waals surface area (Å²) in [4.78, 5) is 26.6. The fourth-order valence-electron chi connectivity index (χ4n) is 7.20. The quantitative estimate of drug-likeness (QED) is 0.0363. The number of aliphatic hydroxyl groups is 6. The Morgan fingerprint density at radius 3 is 1.78 bits per heavy atom. The summed E-state index contributed by atoms with van der Waals surface area (Å²) in [6, 6.07) is 3.04. The highest BCUT2D eigenvalue weighted by Gasteiger charge is 2.45. The zero-order valence-corrected chi connectivity index (χ0v) is 40.5. The standard InChI is InChI=1S/C46H74O22/c1-11-33(48)23(3)62-19-59-16-35(50)24(4)63-20-60-17-36(51)25(5)64-21-65-44-32(45(58-10)46(56)57)13-30-12-31-14-38(22(2)41(53)39(31)42(54)40(30)43(44)55)68-29(9)67-27(7)37(52)18-61-28(8)66-26(6)34(49)15-47/h12,14,23-29,32-37,44-45,47-54H,11,13,15-21H2,1-10H3,(H,56,57)/t23?,24?,25?,26?,27?,28?,29?,32-,33+,34+,35-,36+,37+,44+,45+/m1/s1. The molecule has 1 aliphatic carbocycles. The van der Waals surface area contributed by atoms with Gasteiger partial charge < -0.3 is 98.1 Å². The number of phenolic OH excluding ortho intramolecular Hbond substituents is 2. The topological polar surface area (TPSA) is 318 Å². The van der Waals surface area contributed by atoms with E-state index in [1.54, 1.807) is 41.5 Å². The third kappa shape index (κ3) is 16.6. The number of aliphatic hydroxyl groups excluding tert-OH is 6. The lowest BCUT2D eigenvalue weighted by Crippen LogP contribution is -2.48. The Balaban J connectivity index is 1.64. The molecule has 0 spiro atoms. The number of aliphatic carboxylic acids is 1. The van der Waals surface area contributed by atoms with Gasteiger partial charge in [0.25, 0.3) is 0 Å². The van der Waals surface area contributed by atoms with Gasteiger partial charge in [-0.05, 0) is 91.3 Å². The Morgan fingerprint density at radius 2 is 1.24 bits per heavy atom. The summed E-state index contributed by atoms with van der Waals surface area (Å²) in [5, 5.41) is 93.5. The number of hydrogen-bond donors (Lipinski definition) is 9. The van der Waals surface area contributed by atoms with Crippen molar-refractivity contribution in [2.75, 3.05) is 53.9 Å². The first-order chi connectivity index (χ1) is 32.1. The Labute approximate surface area is 396 Å². The van der Waals surface area contributed by atoms with Gasteiger partial charge in [0, 0.05) is 18.6 Å². The highest BCUT2D eigenvalue weighted by Crippen LogP contribution is 2.46. The largest absolute Gasteiger partial charge is 0.507 e. The van der Waals surface area contributed by atoms with Gasteiger partial charge in [-0.1, -0.05) is 6.92 Å². The molecular formula is C46H74O22. The summed E-state index contributed by atoms with van der Waals surface area (Å²) in [6.07, 6.45) is -13.2. The van der Waals surface area contributed by atoms with Crippen molar-refractivity contribution in [2.45, 2.75) is 161 Å². The molecule has 0 aromatic heterocycles. The van der Waals surface area contributed by atoms with Crippen molar-refractivity contribution in [3.05, 3.63) is 28.8 Å². The molecule has 2 aromatic carbocycles. The molecule has 1 aliphatic rings. The van der Waals surface area contributed by atoms with E-state index in [-0.39, 0.29) is 73.0 Å². The van der Waals surface area contributed by atoms with E-state index in [4.69, 9.17) is 57.2 Å². The molecule has 0 aliphatic heterocycles. The fourth-order valence-corrected chi connectivity index (χ4v) is 7.20. The number of Topliss-reactive ketones (excluding diaryl/α,β-unsaturated/α-hetero) is 1. The molecule has 15 atom stereocenters. The van der Waals surface area contributed by atoms with E-state index in [1.165, 1.54) is 33.1 Å². The number of fused-ring (bicyclic) bond motifs is 2. The van der Waals surface area contributed by atoms with E-state index in [0.717, 1.165) is 0 Å². The number of carboxylic acids is 1. The predicted octanol–water partition coefficient (Wildman–Crippen LogP) is 1.62. The van der Waals surface area contributed by atoms with E-state index in [0.29, 0.717) is 6.42 Å². The Kier molecular flexibility index (Phi) is 24.6. The van der Waals surface area contributed by atoms with Crippen molar-refractivity contribution >= 4 is 22.5 Å². The summed E-state index contributed by atoms with van der Waals surface area (Å²) in [5.41, 5.74) is 0.219. The normalized spacial score (nSPS) is 21.1. The lowest BCUT2D eigenvalue weighted by Gasteiger charge is -2.35. The maximum Gasteiger partial charge on any atom is 0.333 e. The van der Waals surface area contributed by atoms with Crippen LogP contribution in [0.25, 0.3) is 10.8 Å². The number of ketones is 1. The zero-order chi connectivity index (χ0) is 51.0. The van der Waals surface area contributed by atoms with Crippen LogP contribution >= 0.6 is 0 Å². The first-order valence-electron chi connectivity index (χ1n) is 22.6. The second-order valence-electron chi connectivity index (χ2n) is 16.9. The molecular weight excluding hydrogens is 904 g/mol. The van der Waals surface area contributed by atoms with E-state index < -0.39 is 128 Å². The number of carbonyl (C=O) groups is 2. The van der Waals surface area contributed by atoms with Gasteiger partial charge in [0.2, 0.25) is 0 Å². The molecule has 390 valence electrons. The molecule has 3 rings (SSSR count). The van der Waals surface area contributed by atoms with Crippen LogP contribution in [0.15, 0.2) is 12.1 Å². The number of methoxy groups -OCH3 is 1. The number of phenols is 2. The van der Waals surface area contributed by atoms with Gasteiger partial charge in [0.05, 0.1) is 74.0 Å². The summed E-state index contributed by atoms with van der Waals surface area (Å²) < 4.78 is 61.2. The van der Waals surface area contributed by atoms with Gasteiger partial charge in [-0.25, -0.2) is 4.79 Å². The number of rotatable bonds is 33. The summed E-state index contributed by atoms with van der Waals surface area (Å²) in [5.74, 6) is -4.15. The lowest BCUT2D eigenvalue weighted by atomic mass is 9.76. The summed E-state index contributed by atoms with van der Waals surface area (Å²) in [6.45, 7) is 12.4. The van der Waals surface area contributed by atoms with E-state index in [1.807, 2.05) is 6.92 Å². The average Bonchev–Trinajstić information content (AvgIpc) is 3.29. The van der Waals surface area contributed by atoms with E-state index >= 15 is 0 Å². The molecule has 0 saturated carbocycles. The number of carbonyl (C=O) groups excluding carboxylic acids is 1. The average molecular weight is 979 g/mol. The van der Waals surface area contributed by atoms with Gasteiger partial charge in [-0.3, -0.25) is 4.79 Å². The molecule has 0 amide bonds. The molecule has 7 unspecified atom stereocenters. The third-order valence-corrected chi connectivity index (χ3v) is 11.8. The second-order valence-corrected chi connectivity index (χ2v) is 16.9. The molecule has 0 bridgehead atoms. The summed E-state index contributed by atoms with van der Waals surface area (Å²) >= 11 is 0. The predicted molar refractivity (Wildman–Crippen MR) is 239 cm³/mol. The first-order valence-corrected chi connectivity index (χ1v) is 22.6. The van der Waals surface area contributed by atoms with Crippen LogP contribution in [-0.4, -0.2) is 197 Å². The van der Waals surface area contributed by atoms with Crippen molar-refractivity contribution in [3.8, 4) is 17.2 Å². The van der Waals surface area contributed by atoms with Crippen molar-refractivity contribution in [3.63, 3.8) is 0 Å². The number of benzene rings is 2. The molecule has 22 nitrogen and oxygen atoms in total. The van der Waals surface area contributed by atoms with Crippen molar-refractivity contribution in [2.24, 2.45) is 5.92 Å². The van der Waals surface area contributed by atoms with Crippen molar-refractivity contribution in [1.82, 2.24) is 0 Å². The number of carboxylic acid groups (broad SMARTS) is 1. The fraction of sp³-hybridized carbons (Fsp3) is 0.739. The monoisotopic (exact) mass is 978 g/mol. The van der Waals surface area contributed by atoms with Gasteiger partial charge in [0.15, 0.2) is 24.5 Å². The van der Waals surface area contributed by atoms with E-state index in [9.17, 15) is 50.4 Å². The molecule has 2 aromatic rings. The minimum absolute atomic E-state index is 0.0786. The van der Waals surface area contributed by atoms with E-state index in [2.05, 4.69) is 0 Å². The minimum Gasteiger partial charge on any atom is -0.507 e. The second kappa shape index (κ2) is 28.4. The maximum atomic E-state index is 14.2. The number of ether oxygens (including phenoxy) is 11. The van der Waals surface area contributed by atoms with Crippen LogP contribution in [0.3, 0.4) is 0 Å². The van der Waals surface area contributed by atoms with Crippen LogP contribution in [0.4, 0.5) is 0 Å². The lowest BCUT2D eigenvalue weighted by molar-refractivity contribution is -0.205. The Morgan fingerprint density at radius 1 is 0.706 bits per heavy atom. The highest BCUT2D eigenvalue weighted by atomic mass is 16.7. The molecule has 0 heterocycles. The van der Waals surface area contributed by atoms with Gasteiger partial charge in [-0.15, -0.1) is 0 Å². The molecule has 0 saturated heterocycles. The molecule has 0 radical (unpaired) electrons. The van der Waals surface area contributed by atoms with Crippen LogP contribution in [0, 0.1) is 12.8 Å². The number of hydrogen-bond acceptors (Lipinski definition) is 21. The maximum absolute atomic E-state index is 14.2. The number of aromatic hydroxyl groups is 2. The molecule has 22 heteroatoms. The molecule has 68 heavy (non-hydrogen) atoms. The van der Waals surface area contributed by atoms with Crippen LogP contribution in [-0.2, 0) is 58.6 Å². The third-order valence-electron chi connectivity index (χ3n) is 11.8. The Bertz CT molecular complexity index is 1850. The smallest absolute Gasteiger partial charge is 0.333 e. The zero-order valence-electron chi connectivity index (χ0n) is 40.5. The van der Waals surface area contributed by atoms with Crippen LogP contribution < -0.4 is 4.74 Å². The van der Waals surface area contributed by atoms with Crippen molar-refractivity contribution < 1.29 is 108 Å². The molecule has 0 fully saturated rings. The van der Waals surface area contributed by atoms with Gasteiger partial charge >= 0.3 is 5.97 Å². The van der Waals surface area contributed by atoms with Crippen LogP contribution in [0.2, 0.25) is 0 Å². The minimum atomic E-state index is -1.54. The van der Waals surface area contributed by atoms with Crippen LogP contribution in [0.5, 0.6) is 17.2 Å². The van der Waals surface area contributed by atoms with Gasteiger partial charge in [0.1, 0.15) is 68.1 Å². The highest BCUT2D eigenvalue weighted by molar-refractivity contribution is 6.11. The Hall–Kier alpha value is -3.40. The SMILES string of the molecule is CC[C@H](O)C(C)OCOC[C@@H](O)C(C)OCOC[C@H](O)C(C)OCO[C@@H]1C(=O)c2c(cc3cc(OC(C)OC(C)[C@@H](O)COC(C)OC(C)[C@@H](O)CO)c(C)c(O)c3c2O)C[C@H]1[C@H](OC)C(=O)O. The van der Waals surface area contributed by atoms with Gasteiger partial charge in [-0.2, -0.15) is 0 Å².